The maximum Gasteiger partial charge on any atom is 0.230 e. The third kappa shape index (κ3) is 3.19. The molecule has 0 spiro atoms. The van der Waals surface area contributed by atoms with Gasteiger partial charge in [-0.15, -0.1) is 0 Å². The Labute approximate surface area is 95.9 Å². The number of carbonyl (C=O) groups is 2. The molecule has 0 bridgehead atoms. The minimum atomic E-state index is -0.617. The number of hydrogen-bond donors (Lipinski definition) is 1. The fourth-order valence-corrected chi connectivity index (χ4v) is 1.37. The van der Waals surface area contributed by atoms with Crippen LogP contribution in [-0.2, 0) is 4.79 Å². The van der Waals surface area contributed by atoms with E-state index in [0.717, 1.165) is 6.42 Å². The average Bonchev–Trinajstić information content (AvgIpc) is 2.35. The first kappa shape index (κ1) is 12.4. The lowest BCUT2D eigenvalue weighted by atomic mass is 9.99. The summed E-state index contributed by atoms with van der Waals surface area (Å²) in [6.45, 7) is 4.23. The second kappa shape index (κ2) is 6.05. The monoisotopic (exact) mass is 219 g/mol. The molecule has 16 heavy (non-hydrogen) atoms. The number of benzene rings is 1. The highest BCUT2D eigenvalue weighted by atomic mass is 16.2. The summed E-state index contributed by atoms with van der Waals surface area (Å²) in [6, 6.07) is 8.89. The van der Waals surface area contributed by atoms with Gasteiger partial charge in [-0.05, 0) is 13.3 Å². The van der Waals surface area contributed by atoms with Crippen molar-refractivity contribution in [1.29, 1.82) is 0 Å². The molecule has 1 aromatic carbocycles. The highest BCUT2D eigenvalue weighted by Crippen LogP contribution is 2.08. The van der Waals surface area contributed by atoms with E-state index in [9.17, 15) is 9.59 Å². The molecule has 0 saturated heterocycles. The molecule has 1 amide bonds. The van der Waals surface area contributed by atoms with E-state index >= 15 is 0 Å². The van der Waals surface area contributed by atoms with Crippen molar-refractivity contribution in [1.82, 2.24) is 5.32 Å². The molecule has 86 valence electrons. The molecule has 0 aromatic heterocycles. The molecule has 0 heterocycles. The summed E-state index contributed by atoms with van der Waals surface area (Å²) in [4.78, 5) is 23.5. The van der Waals surface area contributed by atoms with Crippen molar-refractivity contribution in [3.8, 4) is 0 Å². The Balaban J connectivity index is 2.64. The molecule has 0 aliphatic rings. The van der Waals surface area contributed by atoms with E-state index in [-0.39, 0.29) is 11.7 Å². The molecule has 1 aromatic rings. The zero-order valence-corrected chi connectivity index (χ0v) is 9.69. The number of hydrogen-bond acceptors (Lipinski definition) is 2. The molecule has 0 saturated carbocycles. The molecule has 0 aliphatic heterocycles. The van der Waals surface area contributed by atoms with Crippen LogP contribution in [0.25, 0.3) is 0 Å². The lowest BCUT2D eigenvalue weighted by molar-refractivity contribution is -0.123. The zero-order chi connectivity index (χ0) is 12.0. The van der Waals surface area contributed by atoms with Gasteiger partial charge in [0.1, 0.15) is 0 Å². The van der Waals surface area contributed by atoms with Gasteiger partial charge in [-0.2, -0.15) is 0 Å². The van der Waals surface area contributed by atoms with E-state index in [4.69, 9.17) is 0 Å². The molecular formula is C13H17NO2. The first-order valence-electron chi connectivity index (χ1n) is 5.53. The van der Waals surface area contributed by atoms with Crippen LogP contribution >= 0.6 is 0 Å². The van der Waals surface area contributed by atoms with Crippen molar-refractivity contribution in [2.24, 2.45) is 5.92 Å². The van der Waals surface area contributed by atoms with Crippen LogP contribution in [0.1, 0.15) is 30.6 Å². The Hall–Kier alpha value is -1.64. The third-order valence-electron chi connectivity index (χ3n) is 2.39. The lowest BCUT2D eigenvalue weighted by Gasteiger charge is -2.10. The van der Waals surface area contributed by atoms with Crippen LogP contribution in [0, 0.1) is 5.92 Å². The summed E-state index contributed by atoms with van der Waals surface area (Å²) in [5, 5.41) is 2.72. The minimum Gasteiger partial charge on any atom is -0.355 e. The molecule has 1 N–H and O–H groups in total. The number of rotatable bonds is 5. The summed E-state index contributed by atoms with van der Waals surface area (Å²) in [5.41, 5.74) is 0.585. The zero-order valence-electron chi connectivity index (χ0n) is 9.69. The van der Waals surface area contributed by atoms with Gasteiger partial charge in [0.05, 0.1) is 5.92 Å². The minimum absolute atomic E-state index is 0.130. The third-order valence-corrected chi connectivity index (χ3v) is 2.39. The van der Waals surface area contributed by atoms with Crippen LogP contribution in [0.15, 0.2) is 30.3 Å². The average molecular weight is 219 g/mol. The molecule has 0 radical (unpaired) electrons. The van der Waals surface area contributed by atoms with E-state index in [1.54, 1.807) is 31.2 Å². The van der Waals surface area contributed by atoms with Crippen LogP contribution < -0.4 is 5.32 Å². The molecule has 3 heteroatoms. The van der Waals surface area contributed by atoms with Crippen molar-refractivity contribution < 1.29 is 9.59 Å². The maximum absolute atomic E-state index is 11.9. The van der Waals surface area contributed by atoms with Gasteiger partial charge < -0.3 is 5.32 Å². The van der Waals surface area contributed by atoms with Gasteiger partial charge in [0.25, 0.3) is 0 Å². The number of ketones is 1. The summed E-state index contributed by atoms with van der Waals surface area (Å²) >= 11 is 0. The molecular weight excluding hydrogens is 202 g/mol. The summed E-state index contributed by atoms with van der Waals surface area (Å²) in [6.07, 6.45) is 0.873. The van der Waals surface area contributed by atoms with Crippen LogP contribution in [-0.4, -0.2) is 18.2 Å². The Morgan fingerprint density at radius 3 is 2.44 bits per heavy atom. The first-order chi connectivity index (χ1) is 7.66. The van der Waals surface area contributed by atoms with Gasteiger partial charge in [0, 0.05) is 12.1 Å². The summed E-state index contributed by atoms with van der Waals surface area (Å²) in [7, 11) is 0. The SMILES string of the molecule is CCCNC(=O)C(C)C(=O)c1ccccc1. The van der Waals surface area contributed by atoms with Crippen molar-refractivity contribution in [3.05, 3.63) is 35.9 Å². The quantitative estimate of drug-likeness (QED) is 0.608. The van der Waals surface area contributed by atoms with Crippen molar-refractivity contribution >= 4 is 11.7 Å². The Morgan fingerprint density at radius 1 is 1.25 bits per heavy atom. The Morgan fingerprint density at radius 2 is 1.88 bits per heavy atom. The number of carbonyl (C=O) groups excluding carboxylic acids is 2. The number of Topliss-reactive ketones (excluding diaryl/α,β-unsaturated/α-hetero) is 1. The molecule has 0 fully saturated rings. The lowest BCUT2D eigenvalue weighted by Crippen LogP contribution is -2.34. The normalized spacial score (nSPS) is 11.9. The molecule has 1 rings (SSSR count). The summed E-state index contributed by atoms with van der Waals surface area (Å²) in [5.74, 6) is -0.946. The van der Waals surface area contributed by atoms with E-state index < -0.39 is 5.92 Å². The number of nitrogens with one attached hydrogen (secondary N) is 1. The number of amides is 1. The Bertz CT molecular complexity index is 359. The molecule has 1 atom stereocenters. The van der Waals surface area contributed by atoms with E-state index in [1.807, 2.05) is 13.0 Å². The largest absolute Gasteiger partial charge is 0.355 e. The van der Waals surface area contributed by atoms with Crippen LogP contribution in [0.5, 0.6) is 0 Å². The van der Waals surface area contributed by atoms with Gasteiger partial charge in [-0.25, -0.2) is 0 Å². The summed E-state index contributed by atoms with van der Waals surface area (Å²) < 4.78 is 0. The fraction of sp³-hybridized carbons (Fsp3) is 0.385. The maximum atomic E-state index is 11.9. The fourth-order valence-electron chi connectivity index (χ4n) is 1.37. The highest BCUT2D eigenvalue weighted by Gasteiger charge is 2.21. The standard InChI is InChI=1S/C13H17NO2/c1-3-9-14-13(16)10(2)12(15)11-7-5-4-6-8-11/h4-8,10H,3,9H2,1-2H3,(H,14,16). The molecule has 0 aliphatic carbocycles. The highest BCUT2D eigenvalue weighted by molar-refractivity contribution is 6.09. The predicted octanol–water partition coefficient (Wildman–Crippen LogP) is 2.03. The molecule has 3 nitrogen and oxygen atoms in total. The van der Waals surface area contributed by atoms with Crippen LogP contribution in [0.2, 0.25) is 0 Å². The van der Waals surface area contributed by atoms with Crippen molar-refractivity contribution in [2.75, 3.05) is 6.54 Å². The van der Waals surface area contributed by atoms with Crippen molar-refractivity contribution in [3.63, 3.8) is 0 Å². The first-order valence-corrected chi connectivity index (χ1v) is 5.53. The van der Waals surface area contributed by atoms with Crippen LogP contribution in [0.4, 0.5) is 0 Å². The smallest absolute Gasteiger partial charge is 0.230 e. The molecule has 1 unspecified atom stereocenters. The van der Waals surface area contributed by atoms with Crippen molar-refractivity contribution in [2.45, 2.75) is 20.3 Å². The van der Waals surface area contributed by atoms with E-state index in [1.165, 1.54) is 0 Å². The van der Waals surface area contributed by atoms with Gasteiger partial charge in [0.15, 0.2) is 5.78 Å². The van der Waals surface area contributed by atoms with Gasteiger partial charge >= 0.3 is 0 Å². The predicted molar refractivity (Wildman–Crippen MR) is 63.2 cm³/mol. The Kier molecular flexibility index (Phi) is 4.70. The van der Waals surface area contributed by atoms with Crippen LogP contribution in [0.3, 0.4) is 0 Å². The topological polar surface area (TPSA) is 46.2 Å². The second-order valence-electron chi connectivity index (χ2n) is 3.74. The van der Waals surface area contributed by atoms with E-state index in [2.05, 4.69) is 5.32 Å². The van der Waals surface area contributed by atoms with Gasteiger partial charge in [-0.1, -0.05) is 37.3 Å². The second-order valence-corrected chi connectivity index (χ2v) is 3.74. The van der Waals surface area contributed by atoms with E-state index in [0.29, 0.717) is 12.1 Å². The van der Waals surface area contributed by atoms with Gasteiger partial charge in [-0.3, -0.25) is 9.59 Å². The van der Waals surface area contributed by atoms with Gasteiger partial charge in [0.2, 0.25) is 5.91 Å².